The molecular formula is C16H21NO. The molecule has 2 N–H and O–H groups in total. The Labute approximate surface area is 109 Å². The average Bonchev–Trinajstić information content (AvgIpc) is 2.39. The van der Waals surface area contributed by atoms with E-state index >= 15 is 0 Å². The molecule has 0 spiro atoms. The predicted octanol–water partition coefficient (Wildman–Crippen LogP) is 2.95. The summed E-state index contributed by atoms with van der Waals surface area (Å²) in [6.45, 7) is 4.27. The third-order valence-electron chi connectivity index (χ3n) is 3.31. The standard InChI is InChI=1S/C16H21NO/c1-13(9-10-18)11-17-12-15-7-4-6-14-5-2-3-8-16(14)15/h2-8,13,17-18H,9-12H2,1H3. The summed E-state index contributed by atoms with van der Waals surface area (Å²) in [6.07, 6.45) is 0.864. The zero-order valence-electron chi connectivity index (χ0n) is 10.9. The molecule has 0 radical (unpaired) electrons. The van der Waals surface area contributed by atoms with Crippen LogP contribution < -0.4 is 5.32 Å². The molecule has 96 valence electrons. The monoisotopic (exact) mass is 243 g/mol. The Balaban J connectivity index is 1.99. The molecule has 2 aromatic rings. The first kappa shape index (κ1) is 13.1. The van der Waals surface area contributed by atoms with Gasteiger partial charge in [-0.2, -0.15) is 0 Å². The van der Waals surface area contributed by atoms with Crippen molar-refractivity contribution >= 4 is 10.8 Å². The molecule has 0 saturated heterocycles. The normalized spacial score (nSPS) is 12.8. The SMILES string of the molecule is CC(CCO)CNCc1cccc2ccccc12. The molecule has 0 bridgehead atoms. The molecule has 1 unspecified atom stereocenters. The second-order valence-corrected chi connectivity index (χ2v) is 4.89. The van der Waals surface area contributed by atoms with Gasteiger partial charge >= 0.3 is 0 Å². The van der Waals surface area contributed by atoms with Crippen LogP contribution >= 0.6 is 0 Å². The van der Waals surface area contributed by atoms with Gasteiger partial charge in [0, 0.05) is 13.2 Å². The maximum absolute atomic E-state index is 8.87. The molecule has 0 aliphatic rings. The lowest BCUT2D eigenvalue weighted by molar-refractivity contribution is 0.260. The molecule has 0 amide bonds. The number of fused-ring (bicyclic) bond motifs is 1. The second kappa shape index (κ2) is 6.53. The Morgan fingerprint density at radius 1 is 1.11 bits per heavy atom. The van der Waals surface area contributed by atoms with E-state index in [1.54, 1.807) is 0 Å². The molecule has 18 heavy (non-hydrogen) atoms. The molecule has 0 heterocycles. The Bertz CT molecular complexity index is 490. The minimum Gasteiger partial charge on any atom is -0.396 e. The number of aliphatic hydroxyl groups excluding tert-OH is 1. The molecule has 2 rings (SSSR count). The summed E-state index contributed by atoms with van der Waals surface area (Å²) < 4.78 is 0. The van der Waals surface area contributed by atoms with E-state index in [-0.39, 0.29) is 6.61 Å². The first-order valence-corrected chi connectivity index (χ1v) is 6.59. The number of benzene rings is 2. The molecule has 2 nitrogen and oxygen atoms in total. The maximum atomic E-state index is 8.87. The molecular weight excluding hydrogens is 222 g/mol. The molecule has 2 aromatic carbocycles. The second-order valence-electron chi connectivity index (χ2n) is 4.89. The zero-order valence-corrected chi connectivity index (χ0v) is 10.9. The Morgan fingerprint density at radius 2 is 1.89 bits per heavy atom. The molecule has 2 heteroatoms. The van der Waals surface area contributed by atoms with Crippen LogP contribution in [0.15, 0.2) is 42.5 Å². The molecule has 0 aromatic heterocycles. The molecule has 0 fully saturated rings. The van der Waals surface area contributed by atoms with Crippen LogP contribution in [0, 0.1) is 5.92 Å². The van der Waals surface area contributed by atoms with E-state index in [0.717, 1.165) is 19.5 Å². The first-order chi connectivity index (χ1) is 8.81. The Morgan fingerprint density at radius 3 is 2.72 bits per heavy atom. The number of hydrogen-bond acceptors (Lipinski definition) is 2. The van der Waals surface area contributed by atoms with E-state index in [9.17, 15) is 0 Å². The van der Waals surface area contributed by atoms with Crippen molar-refractivity contribution in [3.05, 3.63) is 48.0 Å². The van der Waals surface area contributed by atoms with E-state index in [1.165, 1.54) is 16.3 Å². The summed E-state index contributed by atoms with van der Waals surface area (Å²) in [5.74, 6) is 0.518. The fourth-order valence-electron chi connectivity index (χ4n) is 2.22. The van der Waals surface area contributed by atoms with Crippen molar-refractivity contribution in [2.75, 3.05) is 13.2 Å². The lowest BCUT2D eigenvalue weighted by atomic mass is 10.0. The van der Waals surface area contributed by atoms with Gasteiger partial charge in [0.25, 0.3) is 0 Å². The fourth-order valence-corrected chi connectivity index (χ4v) is 2.22. The first-order valence-electron chi connectivity index (χ1n) is 6.59. The summed E-state index contributed by atoms with van der Waals surface area (Å²) >= 11 is 0. The quantitative estimate of drug-likeness (QED) is 0.817. The third-order valence-corrected chi connectivity index (χ3v) is 3.31. The van der Waals surface area contributed by atoms with Gasteiger partial charge < -0.3 is 10.4 Å². The highest BCUT2D eigenvalue weighted by atomic mass is 16.3. The van der Waals surface area contributed by atoms with E-state index < -0.39 is 0 Å². The highest BCUT2D eigenvalue weighted by Crippen LogP contribution is 2.18. The zero-order chi connectivity index (χ0) is 12.8. The summed E-state index contributed by atoms with van der Waals surface area (Å²) in [6, 6.07) is 14.9. The summed E-state index contributed by atoms with van der Waals surface area (Å²) in [5, 5.41) is 14.9. The van der Waals surface area contributed by atoms with Gasteiger partial charge in [0.2, 0.25) is 0 Å². The van der Waals surface area contributed by atoms with Crippen LogP contribution in [0.5, 0.6) is 0 Å². The number of hydrogen-bond donors (Lipinski definition) is 2. The largest absolute Gasteiger partial charge is 0.396 e. The number of aliphatic hydroxyl groups is 1. The maximum Gasteiger partial charge on any atom is 0.0434 e. The lowest BCUT2D eigenvalue weighted by Crippen LogP contribution is -2.21. The average molecular weight is 243 g/mol. The fraction of sp³-hybridized carbons (Fsp3) is 0.375. The van der Waals surface area contributed by atoms with Crippen LogP contribution in [0.2, 0.25) is 0 Å². The van der Waals surface area contributed by atoms with Crippen molar-refractivity contribution in [2.24, 2.45) is 5.92 Å². The Kier molecular flexibility index (Phi) is 4.73. The minimum atomic E-state index is 0.275. The van der Waals surface area contributed by atoms with Gasteiger partial charge in [-0.25, -0.2) is 0 Å². The van der Waals surface area contributed by atoms with Crippen LogP contribution in [0.1, 0.15) is 18.9 Å². The van der Waals surface area contributed by atoms with Crippen LogP contribution in [0.4, 0.5) is 0 Å². The van der Waals surface area contributed by atoms with Gasteiger partial charge in [0.15, 0.2) is 0 Å². The topological polar surface area (TPSA) is 32.3 Å². The van der Waals surface area contributed by atoms with Gasteiger partial charge in [-0.3, -0.25) is 0 Å². The third kappa shape index (κ3) is 3.31. The van der Waals surface area contributed by atoms with Crippen LogP contribution in [0.25, 0.3) is 10.8 Å². The van der Waals surface area contributed by atoms with Crippen molar-refractivity contribution < 1.29 is 5.11 Å². The van der Waals surface area contributed by atoms with Crippen molar-refractivity contribution in [1.82, 2.24) is 5.32 Å². The number of nitrogens with one attached hydrogen (secondary N) is 1. The molecule has 1 atom stereocenters. The summed E-state index contributed by atoms with van der Waals surface area (Å²) in [5.41, 5.74) is 1.34. The van der Waals surface area contributed by atoms with Gasteiger partial charge in [-0.05, 0) is 35.2 Å². The van der Waals surface area contributed by atoms with Crippen LogP contribution in [-0.4, -0.2) is 18.3 Å². The minimum absolute atomic E-state index is 0.275. The van der Waals surface area contributed by atoms with Crippen molar-refractivity contribution in [1.29, 1.82) is 0 Å². The van der Waals surface area contributed by atoms with Crippen LogP contribution in [-0.2, 0) is 6.54 Å². The number of rotatable bonds is 6. The lowest BCUT2D eigenvalue weighted by Gasteiger charge is -2.12. The smallest absolute Gasteiger partial charge is 0.0434 e. The van der Waals surface area contributed by atoms with Crippen LogP contribution in [0.3, 0.4) is 0 Å². The van der Waals surface area contributed by atoms with Crippen molar-refractivity contribution in [3.63, 3.8) is 0 Å². The summed E-state index contributed by atoms with van der Waals surface area (Å²) in [4.78, 5) is 0. The van der Waals surface area contributed by atoms with Gasteiger partial charge in [-0.1, -0.05) is 49.4 Å². The predicted molar refractivity (Wildman–Crippen MR) is 76.5 cm³/mol. The van der Waals surface area contributed by atoms with Gasteiger partial charge in [0.1, 0.15) is 0 Å². The van der Waals surface area contributed by atoms with Crippen molar-refractivity contribution in [3.8, 4) is 0 Å². The highest BCUT2D eigenvalue weighted by molar-refractivity contribution is 5.85. The van der Waals surface area contributed by atoms with Gasteiger partial charge in [0.05, 0.1) is 0 Å². The van der Waals surface area contributed by atoms with E-state index in [0.29, 0.717) is 5.92 Å². The van der Waals surface area contributed by atoms with E-state index in [1.807, 2.05) is 0 Å². The van der Waals surface area contributed by atoms with Crippen molar-refractivity contribution in [2.45, 2.75) is 19.9 Å². The summed E-state index contributed by atoms with van der Waals surface area (Å²) in [7, 11) is 0. The molecule has 0 saturated carbocycles. The Hall–Kier alpha value is -1.38. The molecule has 0 aliphatic carbocycles. The van der Waals surface area contributed by atoms with E-state index in [4.69, 9.17) is 5.11 Å². The highest BCUT2D eigenvalue weighted by Gasteiger charge is 2.02. The van der Waals surface area contributed by atoms with E-state index in [2.05, 4.69) is 54.7 Å². The molecule has 0 aliphatic heterocycles. The van der Waals surface area contributed by atoms with Gasteiger partial charge in [-0.15, -0.1) is 0 Å².